The summed E-state index contributed by atoms with van der Waals surface area (Å²) >= 11 is 0. The van der Waals surface area contributed by atoms with E-state index in [1.807, 2.05) is 43.0 Å². The third-order valence-electron chi connectivity index (χ3n) is 3.00. The second-order valence-electron chi connectivity index (χ2n) is 4.36. The van der Waals surface area contributed by atoms with Crippen molar-refractivity contribution in [3.05, 3.63) is 84.6 Å². The van der Waals surface area contributed by atoms with Crippen molar-refractivity contribution in [1.82, 2.24) is 14.9 Å². The molecule has 1 N–H and O–H groups in total. The van der Waals surface area contributed by atoms with Crippen LogP contribution in [0, 0.1) is 0 Å². The quantitative estimate of drug-likeness (QED) is 0.906. The van der Waals surface area contributed by atoms with E-state index in [2.05, 4.69) is 45.2 Å². The maximum Gasteiger partial charge on any atom is 0.0954 e. The molecule has 3 heteroatoms. The third-order valence-corrected chi connectivity index (χ3v) is 3.00. The van der Waals surface area contributed by atoms with Gasteiger partial charge in [-0.15, -0.1) is 0 Å². The lowest BCUT2D eigenvalue weighted by Crippen LogP contribution is -2.09. The Morgan fingerprint density at radius 2 is 1.95 bits per heavy atom. The highest BCUT2D eigenvalue weighted by Gasteiger charge is 2.07. The summed E-state index contributed by atoms with van der Waals surface area (Å²) in [7, 11) is 0. The molecule has 1 aliphatic rings. The topological polar surface area (TPSA) is 29.9 Å². The predicted octanol–water partition coefficient (Wildman–Crippen LogP) is 2.95. The first-order valence-electron chi connectivity index (χ1n) is 6.28. The zero-order chi connectivity index (χ0) is 12.9. The van der Waals surface area contributed by atoms with Gasteiger partial charge in [0.05, 0.1) is 23.9 Å². The van der Waals surface area contributed by atoms with E-state index in [-0.39, 0.29) is 0 Å². The number of aromatic nitrogens is 2. The highest BCUT2D eigenvalue weighted by molar-refractivity contribution is 5.64. The number of benzene rings is 1. The molecule has 3 nitrogen and oxygen atoms in total. The van der Waals surface area contributed by atoms with Gasteiger partial charge in [0.2, 0.25) is 0 Å². The van der Waals surface area contributed by atoms with E-state index in [1.54, 1.807) is 0 Å². The number of nitrogens with one attached hydrogen (secondary N) is 1. The van der Waals surface area contributed by atoms with Gasteiger partial charge in [-0.2, -0.15) is 0 Å². The van der Waals surface area contributed by atoms with Crippen LogP contribution >= 0.6 is 0 Å². The van der Waals surface area contributed by atoms with E-state index < -0.39 is 0 Å². The van der Waals surface area contributed by atoms with Crippen molar-refractivity contribution in [2.45, 2.75) is 6.54 Å². The van der Waals surface area contributed by atoms with Crippen molar-refractivity contribution in [2.75, 3.05) is 0 Å². The van der Waals surface area contributed by atoms with E-state index in [4.69, 9.17) is 0 Å². The Morgan fingerprint density at radius 3 is 2.84 bits per heavy atom. The van der Waals surface area contributed by atoms with Gasteiger partial charge in [0.15, 0.2) is 0 Å². The van der Waals surface area contributed by atoms with Crippen molar-refractivity contribution < 1.29 is 0 Å². The van der Waals surface area contributed by atoms with Crippen LogP contribution in [0.5, 0.6) is 0 Å². The van der Waals surface area contributed by atoms with Crippen molar-refractivity contribution in [3.63, 3.8) is 0 Å². The molecule has 1 aromatic carbocycles. The Balaban J connectivity index is 1.88. The number of rotatable bonds is 3. The van der Waals surface area contributed by atoms with E-state index in [1.165, 1.54) is 5.56 Å². The molecule has 0 radical (unpaired) electrons. The number of hydrogen-bond donors (Lipinski definition) is 1. The van der Waals surface area contributed by atoms with Crippen molar-refractivity contribution in [2.24, 2.45) is 0 Å². The van der Waals surface area contributed by atoms with Crippen LogP contribution < -0.4 is 5.32 Å². The summed E-state index contributed by atoms with van der Waals surface area (Å²) in [5.74, 6) is 0. The number of imidazole rings is 1. The van der Waals surface area contributed by atoms with Gasteiger partial charge in [-0.25, -0.2) is 4.98 Å². The minimum atomic E-state index is 0.822. The first-order valence-corrected chi connectivity index (χ1v) is 6.28. The Bertz CT molecular complexity index is 633. The molecule has 0 amide bonds. The fourth-order valence-corrected chi connectivity index (χ4v) is 2.07. The second-order valence-corrected chi connectivity index (χ2v) is 4.36. The third kappa shape index (κ3) is 2.65. The molecular weight excluding hydrogens is 234 g/mol. The van der Waals surface area contributed by atoms with Gasteiger partial charge in [0.1, 0.15) is 0 Å². The molecule has 0 fully saturated rings. The normalized spacial score (nSPS) is 13.8. The van der Waals surface area contributed by atoms with Gasteiger partial charge < -0.3 is 9.88 Å². The smallest absolute Gasteiger partial charge is 0.0954 e. The van der Waals surface area contributed by atoms with E-state index >= 15 is 0 Å². The van der Waals surface area contributed by atoms with E-state index in [0.717, 1.165) is 17.9 Å². The lowest BCUT2D eigenvalue weighted by molar-refractivity contribution is 0.781. The predicted molar refractivity (Wildman–Crippen MR) is 77.2 cm³/mol. The average molecular weight is 249 g/mol. The zero-order valence-electron chi connectivity index (χ0n) is 10.5. The fraction of sp³-hybridized carbons (Fsp3) is 0.0625. The maximum absolute atomic E-state index is 4.26. The van der Waals surface area contributed by atoms with Gasteiger partial charge in [-0.3, -0.25) is 0 Å². The molecule has 2 aromatic rings. The number of hydrogen-bond acceptors (Lipinski definition) is 2. The molecule has 19 heavy (non-hydrogen) atoms. The summed E-state index contributed by atoms with van der Waals surface area (Å²) in [5, 5.41) is 3.27. The van der Waals surface area contributed by atoms with Crippen LogP contribution in [0.15, 0.2) is 73.4 Å². The minimum Gasteiger partial charge on any atom is -0.360 e. The van der Waals surface area contributed by atoms with Gasteiger partial charge in [-0.1, -0.05) is 42.5 Å². The summed E-state index contributed by atoms with van der Waals surface area (Å²) in [5.41, 5.74) is 3.40. The van der Waals surface area contributed by atoms with Crippen molar-refractivity contribution in [1.29, 1.82) is 0 Å². The highest BCUT2D eigenvalue weighted by Crippen LogP contribution is 2.14. The Labute approximate surface area is 112 Å². The summed E-state index contributed by atoms with van der Waals surface area (Å²) in [6.45, 7) is 0.822. The highest BCUT2D eigenvalue weighted by atomic mass is 15.1. The molecule has 0 bridgehead atoms. The van der Waals surface area contributed by atoms with Crippen LogP contribution in [-0.2, 0) is 6.54 Å². The largest absolute Gasteiger partial charge is 0.360 e. The zero-order valence-corrected chi connectivity index (χ0v) is 10.5. The lowest BCUT2D eigenvalue weighted by Gasteiger charge is -2.11. The standard InChI is InChI=1S/C16H15N3/c1-3-7-14(8-4-1)12-19-13-17-11-16(19)15-9-5-2-6-10-18-15/h1-11,13,18H,12H2. The Hall–Kier alpha value is -2.55. The maximum atomic E-state index is 4.26. The molecule has 1 aromatic heterocycles. The average Bonchev–Trinajstić information content (AvgIpc) is 2.74. The summed E-state index contributed by atoms with van der Waals surface area (Å²) in [6.07, 6.45) is 13.7. The van der Waals surface area contributed by atoms with Gasteiger partial charge in [0, 0.05) is 12.7 Å². The Kier molecular flexibility index (Phi) is 3.28. The fourth-order valence-electron chi connectivity index (χ4n) is 2.07. The van der Waals surface area contributed by atoms with Crippen LogP contribution in [0.1, 0.15) is 11.3 Å². The minimum absolute atomic E-state index is 0.822. The Morgan fingerprint density at radius 1 is 1.05 bits per heavy atom. The number of nitrogens with zero attached hydrogens (tertiary/aromatic N) is 2. The van der Waals surface area contributed by atoms with Crippen LogP contribution in [-0.4, -0.2) is 9.55 Å². The van der Waals surface area contributed by atoms with Crippen molar-refractivity contribution in [3.8, 4) is 0 Å². The number of allylic oxidation sites excluding steroid dienone is 4. The molecule has 2 heterocycles. The van der Waals surface area contributed by atoms with Gasteiger partial charge >= 0.3 is 0 Å². The SMILES string of the molecule is C1=CC=C(c2cncn2Cc2ccccc2)NC=C1. The summed E-state index contributed by atoms with van der Waals surface area (Å²) in [6, 6.07) is 10.4. The molecule has 0 saturated carbocycles. The van der Waals surface area contributed by atoms with E-state index in [9.17, 15) is 0 Å². The van der Waals surface area contributed by atoms with Crippen LogP contribution in [0.2, 0.25) is 0 Å². The molecule has 94 valence electrons. The molecule has 0 aliphatic carbocycles. The molecule has 0 atom stereocenters. The van der Waals surface area contributed by atoms with E-state index in [0.29, 0.717) is 0 Å². The van der Waals surface area contributed by atoms with Gasteiger partial charge in [-0.05, 0) is 17.7 Å². The van der Waals surface area contributed by atoms with Gasteiger partial charge in [0.25, 0.3) is 0 Å². The molecule has 0 spiro atoms. The van der Waals surface area contributed by atoms with Crippen LogP contribution in [0.25, 0.3) is 5.70 Å². The summed E-state index contributed by atoms with van der Waals surface area (Å²) < 4.78 is 2.14. The first kappa shape index (κ1) is 11.5. The van der Waals surface area contributed by atoms with Crippen molar-refractivity contribution >= 4 is 5.70 Å². The lowest BCUT2D eigenvalue weighted by atomic mass is 10.2. The molecular formula is C16H15N3. The molecule has 1 aliphatic heterocycles. The molecule has 0 unspecified atom stereocenters. The van der Waals surface area contributed by atoms with Crippen LogP contribution in [0.3, 0.4) is 0 Å². The monoisotopic (exact) mass is 249 g/mol. The summed E-state index contributed by atoms with van der Waals surface area (Å²) in [4.78, 5) is 4.26. The molecule has 3 rings (SSSR count). The van der Waals surface area contributed by atoms with Crippen LogP contribution in [0.4, 0.5) is 0 Å². The molecule has 0 saturated heterocycles. The first-order chi connectivity index (χ1) is 9.43. The second kappa shape index (κ2) is 5.40.